The van der Waals surface area contributed by atoms with E-state index < -0.39 is 0 Å². The van der Waals surface area contributed by atoms with Crippen LogP contribution in [0.4, 0.5) is 0 Å². The molecule has 0 spiro atoms. The lowest BCUT2D eigenvalue weighted by molar-refractivity contribution is 0.0955. The summed E-state index contributed by atoms with van der Waals surface area (Å²) in [5.41, 5.74) is 4.78. The molecular formula is C22H17Br2ClN2O3. The van der Waals surface area contributed by atoms with E-state index in [0.717, 1.165) is 20.1 Å². The SMILES string of the molecule is COc1ccc(C(=O)N/N=C/c2cc(Br)c(OCc3ccc(Cl)cc3)c(Br)c2)cc1. The molecule has 3 aromatic carbocycles. The van der Waals surface area contributed by atoms with Gasteiger partial charge in [-0.1, -0.05) is 23.7 Å². The van der Waals surface area contributed by atoms with Crippen LogP contribution in [-0.2, 0) is 6.61 Å². The molecule has 0 atom stereocenters. The Bertz CT molecular complexity index is 1030. The second-order valence-corrected chi connectivity index (χ2v) is 8.30. The highest BCUT2D eigenvalue weighted by Gasteiger charge is 2.09. The van der Waals surface area contributed by atoms with Crippen molar-refractivity contribution in [1.82, 2.24) is 5.43 Å². The summed E-state index contributed by atoms with van der Waals surface area (Å²) >= 11 is 12.9. The van der Waals surface area contributed by atoms with Gasteiger partial charge in [-0.05, 0) is 91.5 Å². The van der Waals surface area contributed by atoms with Gasteiger partial charge in [0.15, 0.2) is 0 Å². The summed E-state index contributed by atoms with van der Waals surface area (Å²) in [6.45, 7) is 0.403. The Labute approximate surface area is 196 Å². The summed E-state index contributed by atoms with van der Waals surface area (Å²) in [6, 6.07) is 18.0. The van der Waals surface area contributed by atoms with Gasteiger partial charge in [0.1, 0.15) is 18.1 Å². The molecule has 0 aliphatic rings. The number of rotatable bonds is 7. The van der Waals surface area contributed by atoms with E-state index in [-0.39, 0.29) is 5.91 Å². The minimum atomic E-state index is -0.310. The van der Waals surface area contributed by atoms with Crippen molar-refractivity contribution in [3.05, 3.63) is 91.3 Å². The Morgan fingerprint density at radius 2 is 1.70 bits per heavy atom. The fourth-order valence-electron chi connectivity index (χ4n) is 2.50. The molecule has 0 radical (unpaired) electrons. The van der Waals surface area contributed by atoms with Crippen LogP contribution in [0, 0.1) is 0 Å². The van der Waals surface area contributed by atoms with Crippen molar-refractivity contribution in [3.63, 3.8) is 0 Å². The van der Waals surface area contributed by atoms with Gasteiger partial charge in [0.05, 0.1) is 22.3 Å². The van der Waals surface area contributed by atoms with Crippen molar-refractivity contribution in [2.24, 2.45) is 5.10 Å². The summed E-state index contributed by atoms with van der Waals surface area (Å²) < 4.78 is 12.5. The molecule has 0 unspecified atom stereocenters. The largest absolute Gasteiger partial charge is 0.497 e. The number of hydrogen-bond donors (Lipinski definition) is 1. The standard InChI is InChI=1S/C22H17Br2ClN2O3/c1-29-18-8-4-16(5-9-18)22(28)27-26-12-15-10-19(23)21(20(24)11-15)30-13-14-2-6-17(25)7-3-14/h2-12H,13H2,1H3,(H,27,28)/b26-12+. The van der Waals surface area contributed by atoms with Gasteiger partial charge >= 0.3 is 0 Å². The first kappa shape index (κ1) is 22.3. The van der Waals surface area contributed by atoms with E-state index in [2.05, 4.69) is 42.4 Å². The Morgan fingerprint density at radius 1 is 1.07 bits per heavy atom. The smallest absolute Gasteiger partial charge is 0.271 e. The molecule has 0 saturated heterocycles. The van der Waals surface area contributed by atoms with Gasteiger partial charge in [-0.2, -0.15) is 5.10 Å². The molecular weight excluding hydrogens is 536 g/mol. The molecule has 5 nitrogen and oxygen atoms in total. The lowest BCUT2D eigenvalue weighted by Crippen LogP contribution is -2.17. The zero-order valence-corrected chi connectivity index (χ0v) is 19.8. The molecule has 1 amide bonds. The third-order valence-electron chi connectivity index (χ3n) is 4.05. The lowest BCUT2D eigenvalue weighted by Gasteiger charge is -2.11. The van der Waals surface area contributed by atoms with Gasteiger partial charge in [0, 0.05) is 10.6 Å². The number of benzene rings is 3. The van der Waals surface area contributed by atoms with Crippen LogP contribution >= 0.6 is 43.5 Å². The third kappa shape index (κ3) is 6.08. The van der Waals surface area contributed by atoms with E-state index in [1.165, 1.54) is 0 Å². The predicted octanol–water partition coefficient (Wildman–Crippen LogP) is 6.22. The van der Waals surface area contributed by atoms with Crippen molar-refractivity contribution in [2.75, 3.05) is 7.11 Å². The quantitative estimate of drug-likeness (QED) is 0.280. The molecule has 3 rings (SSSR count). The molecule has 8 heteroatoms. The number of nitrogens with zero attached hydrogens (tertiary/aromatic N) is 1. The van der Waals surface area contributed by atoms with Crippen LogP contribution in [-0.4, -0.2) is 19.2 Å². The molecule has 0 saturated carbocycles. The van der Waals surface area contributed by atoms with Crippen LogP contribution in [0.15, 0.2) is 74.7 Å². The lowest BCUT2D eigenvalue weighted by atomic mass is 10.2. The maximum Gasteiger partial charge on any atom is 0.271 e. The van der Waals surface area contributed by atoms with E-state index in [0.29, 0.717) is 28.7 Å². The molecule has 154 valence electrons. The predicted molar refractivity (Wildman–Crippen MR) is 126 cm³/mol. The number of halogens is 3. The highest BCUT2D eigenvalue weighted by atomic mass is 79.9. The average Bonchev–Trinajstić information content (AvgIpc) is 2.74. The maximum atomic E-state index is 12.2. The van der Waals surface area contributed by atoms with E-state index in [9.17, 15) is 4.79 Å². The number of nitrogens with one attached hydrogen (secondary N) is 1. The van der Waals surface area contributed by atoms with Gasteiger partial charge in [0.2, 0.25) is 0 Å². The Hall–Kier alpha value is -2.35. The molecule has 0 aromatic heterocycles. The Balaban J connectivity index is 1.62. The minimum absolute atomic E-state index is 0.310. The molecule has 30 heavy (non-hydrogen) atoms. The number of ether oxygens (including phenoxy) is 2. The highest BCUT2D eigenvalue weighted by Crippen LogP contribution is 2.35. The van der Waals surface area contributed by atoms with E-state index in [4.69, 9.17) is 21.1 Å². The molecule has 0 aliphatic heterocycles. The van der Waals surface area contributed by atoms with Gasteiger partial charge in [-0.15, -0.1) is 0 Å². The number of hydrogen-bond acceptors (Lipinski definition) is 4. The van der Waals surface area contributed by atoms with E-state index in [1.807, 2.05) is 36.4 Å². The summed E-state index contributed by atoms with van der Waals surface area (Å²) in [7, 11) is 1.57. The van der Waals surface area contributed by atoms with Crippen molar-refractivity contribution < 1.29 is 14.3 Å². The monoisotopic (exact) mass is 550 g/mol. The number of hydrazone groups is 1. The van der Waals surface area contributed by atoms with Crippen LogP contribution in [0.5, 0.6) is 11.5 Å². The van der Waals surface area contributed by atoms with Gasteiger partial charge in [-0.25, -0.2) is 5.43 Å². The average molecular weight is 553 g/mol. The van der Waals surface area contributed by atoms with Crippen LogP contribution in [0.25, 0.3) is 0 Å². The molecule has 0 heterocycles. The molecule has 0 aliphatic carbocycles. The number of carbonyl (C=O) groups excluding carboxylic acids is 1. The molecule has 0 bridgehead atoms. The van der Waals surface area contributed by atoms with Crippen LogP contribution < -0.4 is 14.9 Å². The molecule has 3 aromatic rings. The second-order valence-electron chi connectivity index (χ2n) is 6.16. The van der Waals surface area contributed by atoms with E-state index >= 15 is 0 Å². The number of amides is 1. The second kappa shape index (κ2) is 10.6. The van der Waals surface area contributed by atoms with Crippen molar-refractivity contribution in [1.29, 1.82) is 0 Å². The van der Waals surface area contributed by atoms with Crippen LogP contribution in [0.2, 0.25) is 5.02 Å². The van der Waals surface area contributed by atoms with Crippen LogP contribution in [0.3, 0.4) is 0 Å². The van der Waals surface area contributed by atoms with Crippen molar-refractivity contribution in [3.8, 4) is 11.5 Å². The minimum Gasteiger partial charge on any atom is -0.497 e. The zero-order chi connectivity index (χ0) is 21.5. The van der Waals surface area contributed by atoms with E-state index in [1.54, 1.807) is 37.6 Å². The normalized spacial score (nSPS) is 10.8. The fraction of sp³-hybridized carbons (Fsp3) is 0.0909. The molecule has 0 fully saturated rings. The summed E-state index contributed by atoms with van der Waals surface area (Å²) in [5, 5.41) is 4.71. The first-order chi connectivity index (χ1) is 14.5. The first-order valence-corrected chi connectivity index (χ1v) is 10.8. The van der Waals surface area contributed by atoms with Gasteiger partial charge in [0.25, 0.3) is 5.91 Å². The van der Waals surface area contributed by atoms with Gasteiger partial charge < -0.3 is 9.47 Å². The van der Waals surface area contributed by atoms with Crippen molar-refractivity contribution in [2.45, 2.75) is 6.61 Å². The summed E-state index contributed by atoms with van der Waals surface area (Å²) in [4.78, 5) is 12.2. The Kier molecular flexibility index (Phi) is 7.90. The maximum absolute atomic E-state index is 12.2. The van der Waals surface area contributed by atoms with Gasteiger partial charge in [-0.3, -0.25) is 4.79 Å². The van der Waals surface area contributed by atoms with Crippen LogP contribution in [0.1, 0.15) is 21.5 Å². The number of methoxy groups -OCH3 is 1. The zero-order valence-electron chi connectivity index (χ0n) is 15.9. The topological polar surface area (TPSA) is 59.9 Å². The van der Waals surface area contributed by atoms with Crippen molar-refractivity contribution >= 4 is 55.6 Å². The number of carbonyl (C=O) groups is 1. The molecule has 1 N–H and O–H groups in total. The Morgan fingerprint density at radius 3 is 2.30 bits per heavy atom. The first-order valence-electron chi connectivity index (χ1n) is 8.80. The fourth-order valence-corrected chi connectivity index (χ4v) is 4.08. The highest BCUT2D eigenvalue weighted by molar-refractivity contribution is 9.11. The summed E-state index contributed by atoms with van der Waals surface area (Å²) in [6.07, 6.45) is 1.56. The summed E-state index contributed by atoms with van der Waals surface area (Å²) in [5.74, 6) is 1.04. The third-order valence-corrected chi connectivity index (χ3v) is 5.48.